The lowest BCUT2D eigenvalue weighted by Crippen LogP contribution is -1.77. The molecular weight excluding hydrogens is 146 g/mol. The monoisotopic (exact) mass is 165 g/mol. The summed E-state index contributed by atoms with van der Waals surface area (Å²) in [5, 5.41) is 6.74. The van der Waals surface area contributed by atoms with Gasteiger partial charge in [0.15, 0.2) is 0 Å². The molecule has 0 unspecified atom stereocenters. The quantitative estimate of drug-likeness (QED) is 0.486. The molecule has 0 amide bonds. The molecule has 0 aromatic carbocycles. The smallest absolute Gasteiger partial charge is 0.0183 e. The fourth-order valence-corrected chi connectivity index (χ4v) is 0.474. The van der Waals surface area contributed by atoms with Gasteiger partial charge in [0, 0.05) is 6.21 Å². The number of allylic oxidation sites excluding steroid dienone is 4. The molecule has 0 heterocycles. The first kappa shape index (κ1) is 13.5. The number of hydrogen-bond donors (Lipinski definition) is 1. The summed E-state index contributed by atoms with van der Waals surface area (Å²) in [6.07, 6.45) is 5.83. The number of nitrogens with one attached hydrogen (secondary N) is 1. The van der Waals surface area contributed by atoms with E-state index in [1.165, 1.54) is 12.6 Å². The predicted molar refractivity (Wildman–Crippen MR) is 57.8 cm³/mol. The Labute approximate surface area is 76.0 Å². The highest BCUT2D eigenvalue weighted by Crippen LogP contribution is 2.05. The lowest BCUT2D eigenvalue weighted by Gasteiger charge is -1.94. The molecular formula is C11H19N. The van der Waals surface area contributed by atoms with Crippen molar-refractivity contribution in [2.45, 2.75) is 27.2 Å². The van der Waals surface area contributed by atoms with Gasteiger partial charge in [-0.2, -0.15) is 0 Å². The lowest BCUT2D eigenvalue weighted by molar-refractivity contribution is 1.09. The highest BCUT2D eigenvalue weighted by molar-refractivity contribution is 5.71. The van der Waals surface area contributed by atoms with Gasteiger partial charge in [-0.05, 0) is 18.6 Å². The van der Waals surface area contributed by atoms with Crippen LogP contribution >= 0.6 is 0 Å². The third-order valence-electron chi connectivity index (χ3n) is 0.976. The highest BCUT2D eigenvalue weighted by Gasteiger charge is 1.86. The summed E-state index contributed by atoms with van der Waals surface area (Å²) in [5.41, 5.74) is 1.86. The molecule has 68 valence electrons. The van der Waals surface area contributed by atoms with E-state index in [1.807, 2.05) is 6.92 Å². The van der Waals surface area contributed by atoms with Crippen LogP contribution in [0, 0.1) is 5.41 Å². The van der Waals surface area contributed by atoms with Gasteiger partial charge in [0.25, 0.3) is 0 Å². The molecule has 0 aromatic heterocycles. The summed E-state index contributed by atoms with van der Waals surface area (Å²) in [4.78, 5) is 0. The first-order valence-electron chi connectivity index (χ1n) is 4.13. The Morgan fingerprint density at radius 2 is 1.83 bits per heavy atom. The molecule has 0 aromatic rings. The minimum Gasteiger partial charge on any atom is -0.309 e. The predicted octanol–water partition coefficient (Wildman–Crippen LogP) is 3.74. The normalized spacial score (nSPS) is 9.42. The van der Waals surface area contributed by atoms with E-state index in [9.17, 15) is 0 Å². The van der Waals surface area contributed by atoms with Crippen LogP contribution in [0.1, 0.15) is 27.2 Å². The van der Waals surface area contributed by atoms with Gasteiger partial charge in [-0.3, -0.25) is 0 Å². The van der Waals surface area contributed by atoms with Gasteiger partial charge >= 0.3 is 0 Å². The van der Waals surface area contributed by atoms with Crippen LogP contribution in [-0.4, -0.2) is 6.21 Å². The first-order chi connectivity index (χ1) is 5.63. The molecule has 0 atom stereocenters. The van der Waals surface area contributed by atoms with Crippen molar-refractivity contribution < 1.29 is 0 Å². The zero-order valence-electron chi connectivity index (χ0n) is 8.35. The summed E-state index contributed by atoms with van der Waals surface area (Å²) in [7, 11) is 0. The molecule has 0 fully saturated rings. The number of rotatable bonds is 3. The molecule has 12 heavy (non-hydrogen) atoms. The van der Waals surface area contributed by atoms with E-state index in [4.69, 9.17) is 5.41 Å². The lowest BCUT2D eigenvalue weighted by atomic mass is 10.1. The molecule has 0 saturated heterocycles. The second-order valence-corrected chi connectivity index (χ2v) is 2.48. The third-order valence-corrected chi connectivity index (χ3v) is 0.976. The van der Waals surface area contributed by atoms with Crippen molar-refractivity contribution in [1.82, 2.24) is 0 Å². The van der Waals surface area contributed by atoms with Gasteiger partial charge < -0.3 is 5.41 Å². The van der Waals surface area contributed by atoms with E-state index in [-0.39, 0.29) is 0 Å². The van der Waals surface area contributed by atoms with Gasteiger partial charge in [-0.1, -0.05) is 45.1 Å². The summed E-state index contributed by atoms with van der Waals surface area (Å²) < 4.78 is 0. The van der Waals surface area contributed by atoms with Gasteiger partial charge in [-0.15, -0.1) is 0 Å². The molecule has 0 aliphatic carbocycles. The van der Waals surface area contributed by atoms with E-state index in [0.717, 1.165) is 11.1 Å². The zero-order chi connectivity index (χ0) is 9.98. The van der Waals surface area contributed by atoms with Crippen LogP contribution in [0.2, 0.25) is 0 Å². The average molecular weight is 165 g/mol. The number of hydrogen-bond acceptors (Lipinski definition) is 1. The van der Waals surface area contributed by atoms with E-state index in [0.29, 0.717) is 0 Å². The maximum atomic E-state index is 6.74. The SMILES string of the molecule is C=C/C(=C/C=N)C(=C)C.CCC. The molecule has 0 bridgehead atoms. The summed E-state index contributed by atoms with van der Waals surface area (Å²) in [5.74, 6) is 0. The van der Waals surface area contributed by atoms with Crippen LogP contribution in [0.15, 0.2) is 36.5 Å². The Hall–Kier alpha value is -1.11. The van der Waals surface area contributed by atoms with Crippen molar-refractivity contribution in [3.63, 3.8) is 0 Å². The van der Waals surface area contributed by atoms with Gasteiger partial charge in [0.05, 0.1) is 0 Å². The van der Waals surface area contributed by atoms with Crippen molar-refractivity contribution in [3.8, 4) is 0 Å². The minimum atomic E-state index is 0.921. The first-order valence-corrected chi connectivity index (χ1v) is 4.13. The van der Waals surface area contributed by atoms with Crippen molar-refractivity contribution in [3.05, 3.63) is 36.5 Å². The van der Waals surface area contributed by atoms with Crippen LogP contribution in [-0.2, 0) is 0 Å². The van der Waals surface area contributed by atoms with Crippen molar-refractivity contribution in [2.24, 2.45) is 0 Å². The fourth-order valence-electron chi connectivity index (χ4n) is 0.474. The van der Waals surface area contributed by atoms with Gasteiger partial charge in [0.1, 0.15) is 0 Å². The Bertz CT molecular complexity index is 175. The largest absolute Gasteiger partial charge is 0.309 e. The van der Waals surface area contributed by atoms with Gasteiger partial charge in [0.2, 0.25) is 0 Å². The highest BCUT2D eigenvalue weighted by atomic mass is 14.3. The topological polar surface area (TPSA) is 23.9 Å². The van der Waals surface area contributed by atoms with E-state index in [1.54, 1.807) is 12.2 Å². The molecule has 1 nitrogen and oxygen atoms in total. The van der Waals surface area contributed by atoms with Crippen LogP contribution < -0.4 is 0 Å². The van der Waals surface area contributed by atoms with E-state index in [2.05, 4.69) is 27.0 Å². The van der Waals surface area contributed by atoms with Crippen LogP contribution in [0.25, 0.3) is 0 Å². The summed E-state index contributed by atoms with van der Waals surface area (Å²) in [6.45, 7) is 13.4. The molecule has 0 rings (SSSR count). The Balaban J connectivity index is 0. The Morgan fingerprint density at radius 3 is 1.92 bits per heavy atom. The zero-order valence-corrected chi connectivity index (χ0v) is 8.35. The second-order valence-electron chi connectivity index (χ2n) is 2.48. The maximum Gasteiger partial charge on any atom is 0.0183 e. The molecule has 1 N–H and O–H groups in total. The summed E-state index contributed by atoms with van der Waals surface area (Å²) >= 11 is 0. The van der Waals surface area contributed by atoms with Gasteiger partial charge in [-0.25, -0.2) is 0 Å². The standard InChI is InChI=1S/C8H11N.C3H8/c1-4-8(5-6-9)7(2)3;1-3-2/h4-6,9H,1-2H2,3H3;3H2,1-2H3/b8-5-,9-6?;. The Kier molecular flexibility index (Phi) is 11.1. The summed E-state index contributed by atoms with van der Waals surface area (Å²) in [6, 6.07) is 0. The van der Waals surface area contributed by atoms with Crippen LogP contribution in [0.3, 0.4) is 0 Å². The molecule has 0 aliphatic rings. The minimum absolute atomic E-state index is 0.921. The van der Waals surface area contributed by atoms with Crippen molar-refractivity contribution in [2.75, 3.05) is 0 Å². The molecule has 0 aliphatic heterocycles. The van der Waals surface area contributed by atoms with Crippen LogP contribution in [0.4, 0.5) is 0 Å². The van der Waals surface area contributed by atoms with Crippen molar-refractivity contribution >= 4 is 6.21 Å². The third kappa shape index (κ3) is 8.89. The van der Waals surface area contributed by atoms with Crippen LogP contribution in [0.5, 0.6) is 0 Å². The molecule has 1 heteroatoms. The molecule has 0 radical (unpaired) electrons. The van der Waals surface area contributed by atoms with E-state index >= 15 is 0 Å². The molecule has 0 spiro atoms. The Morgan fingerprint density at radius 1 is 1.42 bits per heavy atom. The van der Waals surface area contributed by atoms with Crippen molar-refractivity contribution in [1.29, 1.82) is 5.41 Å². The average Bonchev–Trinajstić information content (AvgIpc) is 2.01. The fraction of sp³-hybridized carbons (Fsp3) is 0.364. The van der Waals surface area contributed by atoms with E-state index < -0.39 is 0 Å². The second kappa shape index (κ2) is 9.89. The molecule has 0 saturated carbocycles. The maximum absolute atomic E-state index is 6.74.